The number of carboxylic acid groups (broad SMARTS) is 1. The van der Waals surface area contributed by atoms with Gasteiger partial charge in [0.05, 0.1) is 36.8 Å². The van der Waals surface area contributed by atoms with Gasteiger partial charge in [-0.2, -0.15) is 23.0 Å². The topological polar surface area (TPSA) is 115 Å². The lowest BCUT2D eigenvalue weighted by Crippen LogP contribution is -2.20. The number of hydrogen-bond acceptors (Lipinski definition) is 5. The average molecular weight is 512 g/mol. The fourth-order valence-electron chi connectivity index (χ4n) is 3.28. The van der Waals surface area contributed by atoms with Crippen LogP contribution in [0.1, 0.15) is 36.0 Å². The van der Waals surface area contributed by atoms with Gasteiger partial charge in [-0.15, -0.1) is 11.3 Å². The Bertz CT molecular complexity index is 1510. The van der Waals surface area contributed by atoms with Crippen molar-refractivity contribution in [2.24, 2.45) is 5.73 Å². The van der Waals surface area contributed by atoms with E-state index in [1.54, 1.807) is 0 Å². The van der Waals surface area contributed by atoms with Crippen molar-refractivity contribution < 1.29 is 37.1 Å². The van der Waals surface area contributed by atoms with E-state index in [9.17, 15) is 31.9 Å². The molecule has 0 radical (unpaired) electrons. The second-order valence-corrected chi connectivity index (χ2v) is 8.37. The third-order valence-corrected chi connectivity index (χ3v) is 6.26. The Balaban J connectivity index is 1.99. The van der Waals surface area contributed by atoms with E-state index in [2.05, 4.69) is 5.10 Å². The number of alkyl halides is 3. The molecule has 0 unspecified atom stereocenters. The first-order valence-electron chi connectivity index (χ1n) is 9.16. The molecule has 34 heavy (non-hydrogen) atoms. The highest BCUT2D eigenvalue weighted by molar-refractivity contribution is 7.21. The number of carboxylic acids is 1. The predicted octanol–water partition coefficient (Wildman–Crippen LogP) is 5.06. The first kappa shape index (κ1) is 23.4. The highest BCUT2D eigenvalue weighted by Gasteiger charge is 2.37. The zero-order valence-corrected chi connectivity index (χ0v) is 18.1. The summed E-state index contributed by atoms with van der Waals surface area (Å²) in [7, 11) is 0. The molecule has 7 nitrogen and oxygen atoms in total. The Kier molecular flexibility index (Phi) is 5.66. The first-order valence-corrected chi connectivity index (χ1v) is 10.4. The third kappa shape index (κ3) is 3.90. The Labute approximate surface area is 196 Å². The largest absolute Gasteiger partial charge is 0.478 e. The summed E-state index contributed by atoms with van der Waals surface area (Å²) >= 11 is 6.68. The van der Waals surface area contributed by atoms with Crippen molar-refractivity contribution in [1.29, 1.82) is 0 Å². The summed E-state index contributed by atoms with van der Waals surface area (Å²) in [6.45, 7) is 0. The van der Waals surface area contributed by atoms with E-state index in [4.69, 9.17) is 22.4 Å². The van der Waals surface area contributed by atoms with Crippen LogP contribution in [-0.4, -0.2) is 32.7 Å². The molecular weight excluding hydrogens is 502 g/mol. The number of halogens is 5. The monoisotopic (exact) mass is 511 g/mol. The Morgan fingerprint density at radius 1 is 1.12 bits per heavy atom. The van der Waals surface area contributed by atoms with E-state index >= 15 is 0 Å². The lowest BCUT2D eigenvalue weighted by atomic mass is 10.1. The minimum absolute atomic E-state index is 0.0621. The maximum absolute atomic E-state index is 14.8. The maximum atomic E-state index is 14.8. The number of aromatic carboxylic acids is 1. The van der Waals surface area contributed by atoms with Crippen molar-refractivity contribution in [2.75, 3.05) is 0 Å². The number of thiophene rings is 1. The van der Waals surface area contributed by atoms with Crippen LogP contribution in [0.15, 0.2) is 42.5 Å². The average Bonchev–Trinajstić information content (AvgIpc) is 3.32. The molecule has 174 valence electrons. The number of benzene rings is 2. The van der Waals surface area contributed by atoms with Gasteiger partial charge < -0.3 is 10.8 Å². The zero-order valence-electron chi connectivity index (χ0n) is 16.5. The Hall–Kier alpha value is -3.77. The summed E-state index contributed by atoms with van der Waals surface area (Å²) in [5.41, 5.74) is 2.20. The molecule has 2 heterocycles. The Morgan fingerprint density at radius 3 is 2.41 bits per heavy atom. The molecule has 4 rings (SSSR count). The minimum atomic E-state index is -4.92. The van der Waals surface area contributed by atoms with E-state index in [0.717, 1.165) is 47.7 Å². The molecule has 2 aromatic heterocycles. The highest BCUT2D eigenvalue weighted by atomic mass is 35.5. The number of rotatable bonds is 4. The van der Waals surface area contributed by atoms with E-state index in [1.165, 1.54) is 0 Å². The molecule has 0 saturated carbocycles. The number of fused-ring (bicyclic) bond motifs is 1. The van der Waals surface area contributed by atoms with Gasteiger partial charge in [0, 0.05) is 5.56 Å². The number of nitrogens with two attached hydrogens (primary N) is 1. The molecule has 2 aromatic carbocycles. The van der Waals surface area contributed by atoms with Crippen molar-refractivity contribution >= 4 is 50.9 Å². The van der Waals surface area contributed by atoms with Crippen LogP contribution in [0.2, 0.25) is 5.02 Å². The van der Waals surface area contributed by atoms with Gasteiger partial charge in [-0.25, -0.2) is 9.18 Å². The lowest BCUT2D eigenvalue weighted by molar-refractivity contribution is -0.137. The lowest BCUT2D eigenvalue weighted by Gasteiger charge is -2.13. The first-order chi connectivity index (χ1) is 15.9. The van der Waals surface area contributed by atoms with Gasteiger partial charge in [0.25, 0.3) is 11.8 Å². The molecule has 1 amide bonds. The molecule has 0 saturated heterocycles. The normalized spacial score (nSPS) is 11.7. The fraction of sp³-hybridized carbons (Fsp3) is 0.0476. The van der Waals surface area contributed by atoms with E-state index < -0.39 is 45.9 Å². The van der Waals surface area contributed by atoms with Gasteiger partial charge in [-0.3, -0.25) is 9.59 Å². The summed E-state index contributed by atoms with van der Waals surface area (Å²) < 4.78 is 56.1. The van der Waals surface area contributed by atoms with Crippen LogP contribution in [0.25, 0.3) is 21.5 Å². The number of carbonyl (C=O) groups excluding carboxylic acids is 2. The van der Waals surface area contributed by atoms with Crippen LogP contribution < -0.4 is 5.73 Å². The maximum Gasteiger partial charge on any atom is 0.417 e. The molecule has 4 aromatic rings. The summed E-state index contributed by atoms with van der Waals surface area (Å²) in [4.78, 5) is 36.0. The van der Waals surface area contributed by atoms with Crippen LogP contribution in [0.5, 0.6) is 0 Å². The number of amides is 1. The Morgan fingerprint density at radius 2 is 1.82 bits per heavy atom. The number of hydrogen-bond donors (Lipinski definition) is 2. The molecule has 13 heteroatoms. The standard InChI is InChI=1S/C21H10ClF4N3O4S/c22-11-3-1-2-10(21(24,25)26)15(11)19(31)29-13-7-14(18(27)30)34-17(13)16(28-29)9-5-4-8(20(32)33)6-12(9)23/h1-7H,(H2,27,30)(H,32,33). The van der Waals surface area contributed by atoms with Crippen LogP contribution in [0.4, 0.5) is 17.6 Å². The van der Waals surface area contributed by atoms with E-state index in [0.29, 0.717) is 10.7 Å². The summed E-state index contributed by atoms with van der Waals surface area (Å²) in [6.07, 6.45) is -4.92. The zero-order chi connectivity index (χ0) is 24.9. The van der Waals surface area contributed by atoms with Crippen molar-refractivity contribution in [1.82, 2.24) is 9.78 Å². The number of nitrogens with zero attached hydrogens (tertiary/aromatic N) is 2. The van der Waals surface area contributed by atoms with Crippen molar-refractivity contribution in [2.45, 2.75) is 6.18 Å². The van der Waals surface area contributed by atoms with Crippen LogP contribution in [-0.2, 0) is 6.18 Å². The summed E-state index contributed by atoms with van der Waals surface area (Å²) in [6, 6.07) is 6.85. The predicted molar refractivity (Wildman–Crippen MR) is 115 cm³/mol. The van der Waals surface area contributed by atoms with Gasteiger partial charge in [0.1, 0.15) is 11.5 Å². The van der Waals surface area contributed by atoms with Gasteiger partial charge in [-0.05, 0) is 36.4 Å². The number of aromatic nitrogens is 2. The van der Waals surface area contributed by atoms with Crippen LogP contribution >= 0.6 is 22.9 Å². The van der Waals surface area contributed by atoms with Gasteiger partial charge in [0.15, 0.2) is 0 Å². The molecule has 0 aliphatic heterocycles. The summed E-state index contributed by atoms with van der Waals surface area (Å²) in [5, 5.41) is 12.6. The molecule has 0 atom stereocenters. The van der Waals surface area contributed by atoms with Crippen molar-refractivity contribution in [3.05, 3.63) is 74.9 Å². The minimum Gasteiger partial charge on any atom is -0.478 e. The van der Waals surface area contributed by atoms with E-state index in [-0.39, 0.29) is 31.9 Å². The summed E-state index contributed by atoms with van der Waals surface area (Å²) in [5.74, 6) is -4.56. The van der Waals surface area contributed by atoms with Crippen molar-refractivity contribution in [3.8, 4) is 11.3 Å². The quantitative estimate of drug-likeness (QED) is 0.371. The molecule has 3 N–H and O–H groups in total. The molecule has 0 spiro atoms. The third-order valence-electron chi connectivity index (χ3n) is 4.79. The smallest absolute Gasteiger partial charge is 0.417 e. The van der Waals surface area contributed by atoms with Gasteiger partial charge in [-0.1, -0.05) is 17.7 Å². The molecule has 0 aliphatic carbocycles. The van der Waals surface area contributed by atoms with Crippen molar-refractivity contribution in [3.63, 3.8) is 0 Å². The highest BCUT2D eigenvalue weighted by Crippen LogP contribution is 2.39. The second kappa shape index (κ2) is 8.22. The molecule has 0 bridgehead atoms. The number of primary amides is 1. The number of carbonyl (C=O) groups is 3. The fourth-order valence-corrected chi connectivity index (χ4v) is 4.53. The van der Waals surface area contributed by atoms with E-state index in [1.807, 2.05) is 0 Å². The molecule has 0 fully saturated rings. The SMILES string of the molecule is NC(=O)c1cc2c(s1)c(-c1ccc(C(=O)O)cc1F)nn2C(=O)c1c(Cl)cccc1C(F)(F)F. The van der Waals surface area contributed by atoms with Gasteiger partial charge >= 0.3 is 12.1 Å². The van der Waals surface area contributed by atoms with Gasteiger partial charge in [0.2, 0.25) is 0 Å². The molecule has 0 aliphatic rings. The molecular formula is C21H10ClF4N3O4S. The second-order valence-electron chi connectivity index (χ2n) is 6.91. The van der Waals surface area contributed by atoms with Crippen LogP contribution in [0.3, 0.4) is 0 Å². The van der Waals surface area contributed by atoms with Crippen LogP contribution in [0, 0.1) is 5.82 Å².